The predicted molar refractivity (Wildman–Crippen MR) is 184 cm³/mol. The minimum Gasteiger partial charge on any atom is -0.744 e. The standard InChI is InChI=1S/C32H25N9O7S2.2Na/c33-18-2-6-20(7-3-18)36-41-31-30(50(46,47)48)13-17-1-5-21(15-24(17)32(31)42)37-38-27-11-12-28(39-40-29-10-4-19(34)14-26(29)35)25-16-22(49(43,44)45)8-9-23(25)27;;/h1-16,42H,33-35H2,(H,43,44,45)(H,46,47,48);;/q;2*+1/p-2. The van der Waals surface area contributed by atoms with Gasteiger partial charge in [-0.25, -0.2) is 16.8 Å². The van der Waals surface area contributed by atoms with Crippen LogP contribution in [0.2, 0.25) is 0 Å². The number of fused-ring (bicyclic) bond motifs is 2. The van der Waals surface area contributed by atoms with Crippen molar-refractivity contribution in [1.82, 2.24) is 0 Å². The van der Waals surface area contributed by atoms with E-state index in [2.05, 4.69) is 30.7 Å². The van der Waals surface area contributed by atoms with Crippen molar-refractivity contribution in [1.29, 1.82) is 0 Å². The number of nitrogen functional groups attached to an aromatic ring is 3. The number of nitrogens with two attached hydrogens (primary N) is 3. The van der Waals surface area contributed by atoms with Crippen LogP contribution >= 0.6 is 0 Å². The average molecular weight is 756 g/mol. The maximum atomic E-state index is 12.1. The fourth-order valence-electron chi connectivity index (χ4n) is 4.84. The van der Waals surface area contributed by atoms with Crippen molar-refractivity contribution < 1.29 is 90.2 Å². The number of rotatable bonds is 8. The number of hydrogen-bond donors (Lipinski definition) is 4. The zero-order valence-corrected chi connectivity index (χ0v) is 33.0. The minimum atomic E-state index is -5.08. The molecular formula is C32H23N9Na2O7S2. The number of anilines is 3. The number of hydrogen-bond acceptors (Lipinski definition) is 16. The summed E-state index contributed by atoms with van der Waals surface area (Å²) in [7, 11) is -9.92. The van der Waals surface area contributed by atoms with Crippen LogP contribution in [0.1, 0.15) is 0 Å². The Balaban J connectivity index is 0.00000302. The molecule has 0 spiro atoms. The fraction of sp³-hybridized carbons (Fsp3) is 0. The maximum absolute atomic E-state index is 12.1. The molecule has 0 aliphatic heterocycles. The number of benzene rings is 6. The molecule has 20 heteroatoms. The van der Waals surface area contributed by atoms with Gasteiger partial charge in [0, 0.05) is 27.5 Å². The quantitative estimate of drug-likeness (QED) is 0.0751. The first kappa shape index (κ1) is 40.4. The van der Waals surface area contributed by atoms with Crippen molar-refractivity contribution in [2.75, 3.05) is 17.2 Å². The molecule has 0 heterocycles. The molecule has 16 nitrogen and oxygen atoms in total. The first-order chi connectivity index (χ1) is 23.7. The molecule has 0 aliphatic rings. The monoisotopic (exact) mass is 755 g/mol. The van der Waals surface area contributed by atoms with E-state index in [1.165, 1.54) is 54.6 Å². The summed E-state index contributed by atoms with van der Waals surface area (Å²) in [4.78, 5) is -1.28. The van der Waals surface area contributed by atoms with E-state index in [9.17, 15) is 31.0 Å². The summed E-state index contributed by atoms with van der Waals surface area (Å²) >= 11 is 0. The largest absolute Gasteiger partial charge is 1.00 e. The van der Waals surface area contributed by atoms with Crippen molar-refractivity contribution >= 4 is 93.0 Å². The molecule has 6 aromatic rings. The Kier molecular flexibility index (Phi) is 12.5. The van der Waals surface area contributed by atoms with Crippen molar-refractivity contribution in [3.05, 3.63) is 97.1 Å². The summed E-state index contributed by atoms with van der Waals surface area (Å²) in [6.07, 6.45) is 0. The molecule has 6 aromatic carbocycles. The van der Waals surface area contributed by atoms with E-state index >= 15 is 0 Å². The van der Waals surface area contributed by atoms with Gasteiger partial charge in [0.2, 0.25) is 0 Å². The normalized spacial score (nSPS) is 12.1. The smallest absolute Gasteiger partial charge is 0.744 e. The molecule has 0 fully saturated rings. The Bertz CT molecular complexity index is 2660. The van der Waals surface area contributed by atoms with Gasteiger partial charge in [0.25, 0.3) is 0 Å². The Morgan fingerprint density at radius 1 is 0.519 bits per heavy atom. The third-order valence-electron chi connectivity index (χ3n) is 7.29. The van der Waals surface area contributed by atoms with Crippen LogP contribution in [0.15, 0.2) is 138 Å². The zero-order chi connectivity index (χ0) is 35.8. The molecule has 252 valence electrons. The average Bonchev–Trinajstić information content (AvgIpc) is 3.06. The number of aromatic hydroxyl groups is 1. The molecule has 0 atom stereocenters. The van der Waals surface area contributed by atoms with E-state index in [0.717, 1.165) is 18.2 Å². The van der Waals surface area contributed by atoms with Gasteiger partial charge >= 0.3 is 59.1 Å². The van der Waals surface area contributed by atoms with Gasteiger partial charge in [-0.05, 0) is 90.3 Å². The van der Waals surface area contributed by atoms with Crippen LogP contribution in [0.4, 0.5) is 51.2 Å². The van der Waals surface area contributed by atoms with Crippen LogP contribution in [0, 0.1) is 0 Å². The van der Waals surface area contributed by atoms with E-state index < -0.39 is 41.5 Å². The Hall–Kier alpha value is -4.34. The topological polar surface area (TPSA) is 287 Å². The summed E-state index contributed by atoms with van der Waals surface area (Å²) in [6.45, 7) is 0. The van der Waals surface area contributed by atoms with Gasteiger partial charge in [0.15, 0.2) is 5.75 Å². The summed E-state index contributed by atoms with van der Waals surface area (Å²) in [6, 6.07) is 22.8. The summed E-state index contributed by atoms with van der Waals surface area (Å²) in [5.74, 6) is -0.638. The first-order valence-corrected chi connectivity index (χ1v) is 17.0. The first-order valence-electron chi connectivity index (χ1n) is 14.2. The Morgan fingerprint density at radius 2 is 1.10 bits per heavy atom. The van der Waals surface area contributed by atoms with E-state index in [1.807, 2.05) is 0 Å². The number of phenolic OH excluding ortho intramolecular Hbond substituents is 1. The number of azo groups is 3. The zero-order valence-electron chi connectivity index (χ0n) is 27.4. The van der Waals surface area contributed by atoms with Crippen LogP contribution in [0.5, 0.6) is 5.75 Å². The third kappa shape index (κ3) is 8.99. The van der Waals surface area contributed by atoms with Crippen LogP contribution < -0.4 is 76.3 Å². The van der Waals surface area contributed by atoms with Gasteiger partial charge < -0.3 is 31.4 Å². The van der Waals surface area contributed by atoms with Gasteiger partial charge in [-0.15, -0.1) is 20.5 Å². The summed E-state index contributed by atoms with van der Waals surface area (Å²) in [5.41, 5.74) is 19.2. The maximum Gasteiger partial charge on any atom is 1.00 e. The Morgan fingerprint density at radius 3 is 1.75 bits per heavy atom. The van der Waals surface area contributed by atoms with Crippen LogP contribution in [0.3, 0.4) is 0 Å². The molecule has 0 amide bonds. The number of nitrogens with zero attached hydrogens (tertiary/aromatic N) is 6. The Labute approximate surface area is 340 Å². The van der Waals surface area contributed by atoms with E-state index in [0.29, 0.717) is 22.4 Å². The van der Waals surface area contributed by atoms with E-state index in [-0.39, 0.29) is 104 Å². The van der Waals surface area contributed by atoms with E-state index in [1.54, 1.807) is 24.3 Å². The molecule has 0 radical (unpaired) electrons. The number of phenols is 1. The molecule has 0 aliphatic carbocycles. The van der Waals surface area contributed by atoms with Gasteiger partial charge in [-0.1, -0.05) is 12.1 Å². The molecule has 6 rings (SSSR count). The fourth-order valence-corrected chi connectivity index (χ4v) is 5.98. The summed E-state index contributed by atoms with van der Waals surface area (Å²) in [5, 5.41) is 36.6. The van der Waals surface area contributed by atoms with Crippen molar-refractivity contribution in [2.24, 2.45) is 30.7 Å². The van der Waals surface area contributed by atoms with Gasteiger partial charge in [0.1, 0.15) is 31.6 Å². The predicted octanol–water partition coefficient (Wildman–Crippen LogP) is 1.51. The molecule has 0 bridgehead atoms. The SMILES string of the molecule is Nc1ccc(N=Nc2c(S(=O)(=O)[O-])cc3ccc(N=Nc4ccc(N=Nc5ccc(N)cc5N)c5cc(S(=O)(=O)[O-])ccc45)cc3c2O)cc1.[Na+].[Na+]. The molecule has 7 N–H and O–H groups in total. The van der Waals surface area contributed by atoms with Crippen molar-refractivity contribution in [2.45, 2.75) is 9.79 Å². The molecule has 52 heavy (non-hydrogen) atoms. The van der Waals surface area contributed by atoms with Crippen molar-refractivity contribution in [3.8, 4) is 5.75 Å². The molecule has 0 aromatic heterocycles. The molecule has 0 saturated heterocycles. The second-order valence-electron chi connectivity index (χ2n) is 10.7. The molecular weight excluding hydrogens is 733 g/mol. The van der Waals surface area contributed by atoms with Gasteiger partial charge in [-0.2, -0.15) is 10.2 Å². The minimum absolute atomic E-state index is 0. The van der Waals surface area contributed by atoms with Crippen LogP contribution in [0.25, 0.3) is 21.5 Å². The van der Waals surface area contributed by atoms with Gasteiger partial charge in [-0.3, -0.25) is 0 Å². The van der Waals surface area contributed by atoms with Crippen LogP contribution in [-0.2, 0) is 20.2 Å². The van der Waals surface area contributed by atoms with E-state index in [4.69, 9.17) is 17.2 Å². The third-order valence-corrected chi connectivity index (χ3v) is 8.97. The van der Waals surface area contributed by atoms with Crippen molar-refractivity contribution in [3.63, 3.8) is 0 Å². The second-order valence-corrected chi connectivity index (χ2v) is 13.4. The van der Waals surface area contributed by atoms with Crippen LogP contribution in [-0.4, -0.2) is 31.0 Å². The summed E-state index contributed by atoms with van der Waals surface area (Å²) < 4.78 is 71.8. The van der Waals surface area contributed by atoms with Gasteiger partial charge in [0.05, 0.1) is 38.2 Å². The molecule has 0 unspecified atom stereocenters. The second kappa shape index (κ2) is 16.1. The molecule has 0 saturated carbocycles.